The quantitative estimate of drug-likeness (QED) is 0.310. The van der Waals surface area contributed by atoms with Gasteiger partial charge < -0.3 is 14.2 Å². The maximum absolute atomic E-state index is 11.4. The summed E-state index contributed by atoms with van der Waals surface area (Å²) in [6.07, 6.45) is 0. The minimum absolute atomic E-state index is 0.0961. The summed E-state index contributed by atoms with van der Waals surface area (Å²) in [5.74, 6) is 0.933. The first-order valence-electron chi connectivity index (χ1n) is 9.58. The molecule has 1 aliphatic rings. The molecule has 0 aliphatic carbocycles. The van der Waals surface area contributed by atoms with E-state index in [9.17, 15) is 10.1 Å². The van der Waals surface area contributed by atoms with Gasteiger partial charge in [0.1, 0.15) is 10.7 Å². The molecule has 0 atom stereocenters. The van der Waals surface area contributed by atoms with Crippen molar-refractivity contribution in [1.82, 2.24) is 4.90 Å². The lowest BCUT2D eigenvalue weighted by atomic mass is 10.1. The van der Waals surface area contributed by atoms with Gasteiger partial charge >= 0.3 is 0 Å². The number of piperazine rings is 1. The highest BCUT2D eigenvalue weighted by molar-refractivity contribution is 7.80. The monoisotopic (exact) mass is 441 g/mol. The molecule has 8 heteroatoms. The third-order valence-electron chi connectivity index (χ3n) is 5.26. The Labute approximate surface area is 184 Å². The van der Waals surface area contributed by atoms with Gasteiger partial charge in [-0.15, -0.1) is 0 Å². The Morgan fingerprint density at radius 3 is 2.53 bits per heavy atom. The first-order chi connectivity index (χ1) is 14.4. The molecule has 1 aliphatic heterocycles. The Balaban J connectivity index is 1.48. The number of hydrogen-bond acceptors (Lipinski definition) is 5. The van der Waals surface area contributed by atoms with E-state index < -0.39 is 4.92 Å². The zero-order chi connectivity index (χ0) is 21.3. The van der Waals surface area contributed by atoms with Gasteiger partial charge in [0, 0.05) is 43.0 Å². The Morgan fingerprint density at radius 1 is 1.10 bits per heavy atom. The van der Waals surface area contributed by atoms with Crippen molar-refractivity contribution in [2.24, 2.45) is 0 Å². The van der Waals surface area contributed by atoms with Gasteiger partial charge in [0.25, 0.3) is 5.69 Å². The topological polar surface area (TPSA) is 62.8 Å². The number of rotatable bonds is 4. The SMILES string of the molecule is Cc1ccccc1N1CCN(C(=S)c2ccc(-c3ccc(Cl)cc3[N+](=O)[O-])o2)CC1. The second-order valence-corrected chi connectivity index (χ2v) is 7.97. The predicted molar refractivity (Wildman–Crippen MR) is 122 cm³/mol. The van der Waals surface area contributed by atoms with Crippen molar-refractivity contribution in [3.8, 4) is 11.3 Å². The zero-order valence-electron chi connectivity index (χ0n) is 16.4. The van der Waals surface area contributed by atoms with Crippen molar-refractivity contribution in [1.29, 1.82) is 0 Å². The molecule has 0 spiro atoms. The maximum Gasteiger partial charge on any atom is 0.281 e. The van der Waals surface area contributed by atoms with E-state index in [0.717, 1.165) is 26.2 Å². The Hall–Kier alpha value is -2.90. The molecule has 0 bridgehead atoms. The standard InChI is InChI=1S/C22H20ClN3O3S/c1-15-4-2-3-5-18(15)24-10-12-25(13-11-24)22(30)21-9-8-20(29-21)17-7-6-16(23)14-19(17)26(27)28/h2-9,14H,10-13H2,1H3. The van der Waals surface area contributed by atoms with Crippen molar-refractivity contribution in [2.45, 2.75) is 6.92 Å². The molecule has 0 radical (unpaired) electrons. The molecule has 0 saturated carbocycles. The van der Waals surface area contributed by atoms with Crippen molar-refractivity contribution in [2.75, 3.05) is 31.1 Å². The summed E-state index contributed by atoms with van der Waals surface area (Å²) in [5, 5.41) is 11.7. The number of benzene rings is 2. The van der Waals surface area contributed by atoms with Crippen molar-refractivity contribution >= 4 is 40.2 Å². The van der Waals surface area contributed by atoms with Crippen molar-refractivity contribution < 1.29 is 9.34 Å². The average Bonchev–Trinajstić information content (AvgIpc) is 3.23. The van der Waals surface area contributed by atoms with Gasteiger partial charge in [-0.1, -0.05) is 42.0 Å². The molecule has 4 rings (SSSR count). The first-order valence-corrected chi connectivity index (χ1v) is 10.4. The van der Waals surface area contributed by atoms with E-state index in [4.69, 9.17) is 28.2 Å². The van der Waals surface area contributed by atoms with Crippen molar-refractivity contribution in [3.05, 3.63) is 81.1 Å². The van der Waals surface area contributed by atoms with Crippen LogP contribution in [0, 0.1) is 17.0 Å². The minimum atomic E-state index is -0.466. The number of thiocarbonyl (C=S) groups is 1. The molecule has 2 heterocycles. The number of nitro groups is 1. The van der Waals surface area contributed by atoms with Gasteiger partial charge in [-0.05, 0) is 42.8 Å². The van der Waals surface area contributed by atoms with Crippen LogP contribution in [-0.2, 0) is 0 Å². The number of aryl methyl sites for hydroxylation is 1. The second kappa shape index (κ2) is 8.45. The van der Waals surface area contributed by atoms with Gasteiger partial charge in [-0.25, -0.2) is 0 Å². The van der Waals surface area contributed by atoms with E-state index in [2.05, 4.69) is 34.9 Å². The summed E-state index contributed by atoms with van der Waals surface area (Å²) in [6.45, 7) is 5.41. The molecule has 1 fully saturated rings. The van der Waals surface area contributed by atoms with E-state index in [-0.39, 0.29) is 5.69 Å². The summed E-state index contributed by atoms with van der Waals surface area (Å²) in [7, 11) is 0. The van der Waals surface area contributed by atoms with E-state index in [1.165, 1.54) is 17.3 Å². The summed E-state index contributed by atoms with van der Waals surface area (Å²) in [6, 6.07) is 16.4. The fourth-order valence-electron chi connectivity index (χ4n) is 3.69. The second-order valence-electron chi connectivity index (χ2n) is 7.15. The molecule has 0 N–H and O–H groups in total. The lowest BCUT2D eigenvalue weighted by molar-refractivity contribution is -0.384. The largest absolute Gasteiger partial charge is 0.453 e. The minimum Gasteiger partial charge on any atom is -0.453 e. The van der Waals surface area contributed by atoms with Gasteiger partial charge in [0.05, 0.1) is 10.5 Å². The number of furan rings is 1. The predicted octanol–water partition coefficient (Wildman–Crippen LogP) is 5.31. The van der Waals surface area contributed by atoms with Crippen LogP contribution in [0.15, 0.2) is 59.0 Å². The zero-order valence-corrected chi connectivity index (χ0v) is 17.9. The van der Waals surface area contributed by atoms with Gasteiger partial charge in [-0.3, -0.25) is 10.1 Å². The van der Waals surface area contributed by atoms with Crippen LogP contribution in [0.2, 0.25) is 5.02 Å². The van der Waals surface area contributed by atoms with Gasteiger partial charge in [-0.2, -0.15) is 0 Å². The van der Waals surface area contributed by atoms with Crippen LogP contribution < -0.4 is 4.90 Å². The molecule has 30 heavy (non-hydrogen) atoms. The normalized spacial score (nSPS) is 14.1. The molecule has 0 amide bonds. The molecular weight excluding hydrogens is 422 g/mol. The molecule has 0 unspecified atom stereocenters. The maximum atomic E-state index is 11.4. The molecular formula is C22H20ClN3O3S. The number of anilines is 1. The van der Waals surface area contributed by atoms with E-state index in [1.54, 1.807) is 24.3 Å². The smallest absolute Gasteiger partial charge is 0.281 e. The average molecular weight is 442 g/mol. The molecule has 3 aromatic rings. The lowest BCUT2D eigenvalue weighted by Gasteiger charge is -2.37. The fourth-order valence-corrected chi connectivity index (χ4v) is 4.14. The summed E-state index contributed by atoms with van der Waals surface area (Å²) in [4.78, 5) is 16.0. The first kappa shape index (κ1) is 20.4. The van der Waals surface area contributed by atoms with Crippen LogP contribution in [0.25, 0.3) is 11.3 Å². The Bertz CT molecular complexity index is 1110. The molecule has 1 aromatic heterocycles. The molecule has 6 nitrogen and oxygen atoms in total. The van der Waals surface area contributed by atoms with Crippen LogP contribution in [0.3, 0.4) is 0 Å². The van der Waals surface area contributed by atoms with Crippen LogP contribution in [0.5, 0.6) is 0 Å². The third-order valence-corrected chi connectivity index (χ3v) is 5.96. The molecule has 2 aromatic carbocycles. The van der Waals surface area contributed by atoms with Crippen LogP contribution >= 0.6 is 23.8 Å². The number of hydrogen-bond donors (Lipinski definition) is 0. The van der Waals surface area contributed by atoms with Gasteiger partial charge in [0.2, 0.25) is 0 Å². The summed E-state index contributed by atoms with van der Waals surface area (Å²) >= 11 is 11.6. The Kier molecular flexibility index (Phi) is 5.74. The van der Waals surface area contributed by atoms with Gasteiger partial charge in [0.15, 0.2) is 5.76 Å². The Morgan fingerprint density at radius 2 is 1.83 bits per heavy atom. The number of nitrogens with zero attached hydrogens (tertiary/aromatic N) is 3. The van der Waals surface area contributed by atoms with E-state index >= 15 is 0 Å². The molecule has 154 valence electrons. The number of para-hydroxylation sites is 1. The summed E-state index contributed by atoms with van der Waals surface area (Å²) in [5.41, 5.74) is 2.79. The van der Waals surface area contributed by atoms with E-state index in [0.29, 0.717) is 27.1 Å². The van der Waals surface area contributed by atoms with E-state index in [1.807, 2.05) is 6.07 Å². The highest BCUT2D eigenvalue weighted by Crippen LogP contribution is 2.33. The van der Waals surface area contributed by atoms with Crippen LogP contribution in [-0.4, -0.2) is 41.0 Å². The highest BCUT2D eigenvalue weighted by Gasteiger charge is 2.24. The van der Waals surface area contributed by atoms with Crippen molar-refractivity contribution in [3.63, 3.8) is 0 Å². The fraction of sp³-hybridized carbons (Fsp3) is 0.227. The highest BCUT2D eigenvalue weighted by atomic mass is 35.5. The number of nitro benzene ring substituents is 1. The third kappa shape index (κ3) is 4.04. The molecule has 1 saturated heterocycles. The van der Waals surface area contributed by atoms with Crippen LogP contribution in [0.1, 0.15) is 11.3 Å². The van der Waals surface area contributed by atoms with Crippen LogP contribution in [0.4, 0.5) is 11.4 Å². The summed E-state index contributed by atoms with van der Waals surface area (Å²) < 4.78 is 5.90. The number of halogens is 1. The lowest BCUT2D eigenvalue weighted by Crippen LogP contribution is -2.48.